The molecule has 21 heavy (non-hydrogen) atoms. The van der Waals surface area contributed by atoms with Crippen molar-refractivity contribution in [1.29, 1.82) is 0 Å². The molecule has 1 aliphatic heterocycles. The van der Waals surface area contributed by atoms with Gasteiger partial charge < -0.3 is 10.6 Å². The Kier molecular flexibility index (Phi) is 3.17. The van der Waals surface area contributed by atoms with E-state index < -0.39 is 4.92 Å². The van der Waals surface area contributed by atoms with Crippen molar-refractivity contribution in [3.05, 3.63) is 40.7 Å². The average Bonchev–Trinajstić information content (AvgIpc) is 2.95. The van der Waals surface area contributed by atoms with E-state index in [1.165, 1.54) is 12.3 Å². The number of hydrogen-bond acceptors (Lipinski definition) is 5. The number of primary amides is 1. The Morgan fingerprint density at radius 1 is 1.38 bits per heavy atom. The van der Waals surface area contributed by atoms with Crippen LogP contribution in [0, 0.1) is 16.0 Å². The highest BCUT2D eigenvalue weighted by atomic mass is 16.6. The Balaban J connectivity index is 2.07. The van der Waals surface area contributed by atoms with Gasteiger partial charge in [-0.2, -0.15) is 0 Å². The second-order valence-corrected chi connectivity index (χ2v) is 5.12. The minimum absolute atomic E-state index is 0.0347. The number of nitrogens with two attached hydrogens (primary N) is 1. The number of rotatable bonds is 3. The molecule has 0 radical (unpaired) electrons. The summed E-state index contributed by atoms with van der Waals surface area (Å²) in [5.74, 6) is -0.470. The van der Waals surface area contributed by atoms with Gasteiger partial charge in [0.2, 0.25) is 5.91 Å². The Labute approximate surface area is 120 Å². The fourth-order valence-electron chi connectivity index (χ4n) is 2.81. The van der Waals surface area contributed by atoms with Crippen LogP contribution in [0.2, 0.25) is 0 Å². The van der Waals surface area contributed by atoms with Crippen molar-refractivity contribution in [3.8, 4) is 0 Å². The highest BCUT2D eigenvalue weighted by molar-refractivity contribution is 5.99. The molecule has 7 nitrogen and oxygen atoms in total. The predicted octanol–water partition coefficient (Wildman–Crippen LogP) is 1.45. The van der Waals surface area contributed by atoms with Crippen LogP contribution in [0.25, 0.3) is 10.8 Å². The molecule has 3 rings (SSSR count). The van der Waals surface area contributed by atoms with Gasteiger partial charge in [-0.05, 0) is 18.6 Å². The van der Waals surface area contributed by atoms with Crippen LogP contribution in [0.3, 0.4) is 0 Å². The lowest BCUT2D eigenvalue weighted by atomic mass is 10.1. The molecular weight excluding hydrogens is 272 g/mol. The number of anilines is 1. The number of nitro groups is 1. The van der Waals surface area contributed by atoms with Gasteiger partial charge in [-0.15, -0.1) is 0 Å². The maximum atomic E-state index is 11.3. The lowest BCUT2D eigenvalue weighted by Gasteiger charge is -2.20. The number of carbonyl (C=O) groups excluding carboxylic acids is 1. The van der Waals surface area contributed by atoms with Gasteiger partial charge >= 0.3 is 0 Å². The first-order valence-corrected chi connectivity index (χ1v) is 6.63. The first kappa shape index (κ1) is 13.3. The number of nitro benzene ring substituents is 1. The van der Waals surface area contributed by atoms with Crippen molar-refractivity contribution in [3.63, 3.8) is 0 Å². The molecule has 0 spiro atoms. The van der Waals surface area contributed by atoms with Crippen LogP contribution in [0.4, 0.5) is 11.4 Å². The maximum Gasteiger partial charge on any atom is 0.278 e. The van der Waals surface area contributed by atoms with E-state index in [2.05, 4.69) is 4.98 Å². The van der Waals surface area contributed by atoms with E-state index in [0.29, 0.717) is 24.9 Å². The van der Waals surface area contributed by atoms with Crippen LogP contribution in [-0.4, -0.2) is 28.9 Å². The zero-order valence-electron chi connectivity index (χ0n) is 11.2. The third-order valence-electron chi connectivity index (χ3n) is 3.90. The van der Waals surface area contributed by atoms with Crippen LogP contribution in [0.1, 0.15) is 6.42 Å². The van der Waals surface area contributed by atoms with E-state index in [9.17, 15) is 14.9 Å². The highest BCUT2D eigenvalue weighted by Crippen LogP contribution is 2.35. The summed E-state index contributed by atoms with van der Waals surface area (Å²) < 4.78 is 0. The molecule has 1 aliphatic rings. The summed E-state index contributed by atoms with van der Waals surface area (Å²) in [6.07, 6.45) is 3.81. The summed E-state index contributed by atoms with van der Waals surface area (Å²) in [6.45, 7) is 1.26. The average molecular weight is 286 g/mol. The zero-order valence-corrected chi connectivity index (χ0v) is 11.2. The molecule has 2 heterocycles. The van der Waals surface area contributed by atoms with Crippen LogP contribution in [0.5, 0.6) is 0 Å². The SMILES string of the molecule is NC(=O)C1CCN(c2ccc([N+](=O)[O-])c3cnccc23)C1. The van der Waals surface area contributed by atoms with Crippen molar-refractivity contribution in [2.24, 2.45) is 11.7 Å². The van der Waals surface area contributed by atoms with Gasteiger partial charge in [0.1, 0.15) is 0 Å². The Morgan fingerprint density at radius 2 is 2.19 bits per heavy atom. The number of nitrogens with zero attached hydrogens (tertiary/aromatic N) is 3. The predicted molar refractivity (Wildman–Crippen MR) is 77.9 cm³/mol. The van der Waals surface area contributed by atoms with Crippen LogP contribution < -0.4 is 10.6 Å². The molecule has 1 aromatic heterocycles. The third-order valence-corrected chi connectivity index (χ3v) is 3.90. The lowest BCUT2D eigenvalue weighted by Crippen LogP contribution is -2.27. The first-order valence-electron chi connectivity index (χ1n) is 6.63. The van der Waals surface area contributed by atoms with E-state index in [1.54, 1.807) is 18.3 Å². The molecule has 1 fully saturated rings. The number of fused-ring (bicyclic) bond motifs is 1. The monoisotopic (exact) mass is 286 g/mol. The molecule has 108 valence electrons. The number of carbonyl (C=O) groups is 1. The summed E-state index contributed by atoms with van der Waals surface area (Å²) in [5.41, 5.74) is 6.26. The van der Waals surface area contributed by atoms with E-state index >= 15 is 0 Å². The maximum absolute atomic E-state index is 11.3. The number of amides is 1. The number of pyridine rings is 1. The van der Waals surface area contributed by atoms with Crippen molar-refractivity contribution in [1.82, 2.24) is 4.98 Å². The third kappa shape index (κ3) is 2.26. The number of aromatic nitrogens is 1. The second kappa shape index (κ2) is 5.01. The van der Waals surface area contributed by atoms with E-state index in [0.717, 1.165) is 11.1 Å². The van der Waals surface area contributed by atoms with Crippen molar-refractivity contribution in [2.45, 2.75) is 6.42 Å². The number of benzene rings is 1. The van der Waals surface area contributed by atoms with E-state index in [4.69, 9.17) is 5.73 Å². The molecule has 1 aromatic carbocycles. The van der Waals surface area contributed by atoms with Gasteiger partial charge in [-0.25, -0.2) is 0 Å². The Morgan fingerprint density at radius 3 is 2.86 bits per heavy atom. The molecule has 2 N–H and O–H groups in total. The van der Waals surface area contributed by atoms with Gasteiger partial charge in [0.05, 0.1) is 16.2 Å². The van der Waals surface area contributed by atoms with E-state index in [1.807, 2.05) is 4.90 Å². The minimum Gasteiger partial charge on any atom is -0.370 e. The number of non-ortho nitro benzene ring substituents is 1. The standard InChI is InChI=1S/C14H14N4O3/c15-14(19)9-4-6-17(8-9)12-1-2-13(18(20)21)11-7-16-5-3-10(11)12/h1-3,5,7,9H,4,6,8H2,(H2,15,19). The zero-order chi connectivity index (χ0) is 15.0. The van der Waals surface area contributed by atoms with Gasteiger partial charge in [-0.1, -0.05) is 0 Å². The second-order valence-electron chi connectivity index (χ2n) is 5.12. The molecule has 1 saturated heterocycles. The largest absolute Gasteiger partial charge is 0.370 e. The smallest absolute Gasteiger partial charge is 0.278 e. The molecule has 1 amide bonds. The molecule has 2 aromatic rings. The molecular formula is C14H14N4O3. The van der Waals surface area contributed by atoms with Gasteiger partial charge in [-0.3, -0.25) is 19.9 Å². The quantitative estimate of drug-likeness (QED) is 0.679. The summed E-state index contributed by atoms with van der Waals surface area (Å²) >= 11 is 0. The molecule has 1 unspecified atom stereocenters. The number of hydrogen-bond donors (Lipinski definition) is 1. The minimum atomic E-state index is -0.413. The summed E-state index contributed by atoms with van der Waals surface area (Å²) in [5, 5.41) is 12.4. The van der Waals surface area contributed by atoms with Gasteiger partial charge in [0.15, 0.2) is 0 Å². The highest BCUT2D eigenvalue weighted by Gasteiger charge is 2.28. The lowest BCUT2D eigenvalue weighted by molar-refractivity contribution is -0.383. The molecule has 0 aliphatic carbocycles. The molecule has 0 saturated carbocycles. The summed E-state index contributed by atoms with van der Waals surface area (Å²) in [6, 6.07) is 4.97. The Hall–Kier alpha value is -2.70. The summed E-state index contributed by atoms with van der Waals surface area (Å²) in [4.78, 5) is 28.0. The molecule has 0 bridgehead atoms. The van der Waals surface area contributed by atoms with Crippen molar-refractivity contribution >= 4 is 28.1 Å². The topological polar surface area (TPSA) is 102 Å². The van der Waals surface area contributed by atoms with Crippen LogP contribution >= 0.6 is 0 Å². The van der Waals surface area contributed by atoms with E-state index in [-0.39, 0.29) is 17.5 Å². The molecule has 7 heteroatoms. The summed E-state index contributed by atoms with van der Waals surface area (Å²) in [7, 11) is 0. The van der Waals surface area contributed by atoms with Gasteiger partial charge in [0.25, 0.3) is 5.69 Å². The van der Waals surface area contributed by atoms with Crippen LogP contribution in [-0.2, 0) is 4.79 Å². The Bertz CT molecular complexity index is 731. The van der Waals surface area contributed by atoms with Crippen molar-refractivity contribution in [2.75, 3.05) is 18.0 Å². The fourth-order valence-corrected chi connectivity index (χ4v) is 2.81. The molecule has 1 atom stereocenters. The van der Waals surface area contributed by atoms with Crippen molar-refractivity contribution < 1.29 is 9.72 Å². The fraction of sp³-hybridized carbons (Fsp3) is 0.286. The van der Waals surface area contributed by atoms with Gasteiger partial charge in [0, 0.05) is 42.6 Å². The normalized spacial score (nSPS) is 18.1. The van der Waals surface area contributed by atoms with Crippen LogP contribution in [0.15, 0.2) is 30.6 Å². The first-order chi connectivity index (χ1) is 10.1.